The molecular weight excluding hydrogens is 458 g/mol. The van der Waals surface area contributed by atoms with Crippen molar-refractivity contribution >= 4 is 23.6 Å². The average molecular weight is 490 g/mol. The van der Waals surface area contributed by atoms with Crippen LogP contribution in [0.3, 0.4) is 0 Å². The van der Waals surface area contributed by atoms with Crippen molar-refractivity contribution in [2.24, 2.45) is 5.73 Å². The van der Waals surface area contributed by atoms with Gasteiger partial charge in [0.1, 0.15) is 6.42 Å². The van der Waals surface area contributed by atoms with E-state index < -0.39 is 24.1 Å². The van der Waals surface area contributed by atoms with Gasteiger partial charge in [-0.3, -0.25) is 29.6 Å². The topological polar surface area (TPSA) is 125 Å². The Labute approximate surface area is 211 Å². The molecule has 2 aromatic rings. The number of carbonyl (C=O) groups excluding carboxylic acids is 4. The highest BCUT2D eigenvalue weighted by Gasteiger charge is 2.19. The van der Waals surface area contributed by atoms with Crippen molar-refractivity contribution in [1.82, 2.24) is 20.7 Å². The Balaban J connectivity index is 1.44. The van der Waals surface area contributed by atoms with Gasteiger partial charge in [-0.1, -0.05) is 24.0 Å². The molecule has 188 valence electrons. The van der Waals surface area contributed by atoms with Crippen molar-refractivity contribution in [3.8, 4) is 11.8 Å². The summed E-state index contributed by atoms with van der Waals surface area (Å²) in [6.07, 6.45) is 2.12. The van der Waals surface area contributed by atoms with Gasteiger partial charge >= 0.3 is 0 Å². The molecule has 1 heterocycles. The molecule has 1 fully saturated rings. The number of primary amides is 1. The zero-order chi connectivity index (χ0) is 25.9. The summed E-state index contributed by atoms with van der Waals surface area (Å²) in [6.45, 7) is 3.33. The summed E-state index contributed by atoms with van der Waals surface area (Å²) in [7, 11) is 1.39. The third-order valence-electron chi connectivity index (χ3n) is 5.65. The molecule has 9 heteroatoms. The van der Waals surface area contributed by atoms with Crippen molar-refractivity contribution in [3.05, 3.63) is 70.8 Å². The first-order valence-electron chi connectivity index (χ1n) is 11.9. The molecule has 0 saturated carbocycles. The maximum absolute atomic E-state index is 12.4. The first kappa shape index (κ1) is 26.4. The van der Waals surface area contributed by atoms with E-state index in [1.54, 1.807) is 24.3 Å². The van der Waals surface area contributed by atoms with E-state index in [1.165, 1.54) is 7.05 Å². The molecule has 0 bridgehead atoms. The van der Waals surface area contributed by atoms with Gasteiger partial charge in [0.2, 0.25) is 17.7 Å². The van der Waals surface area contributed by atoms with E-state index in [-0.39, 0.29) is 5.91 Å². The molecule has 1 aliphatic rings. The minimum atomic E-state index is -0.773. The van der Waals surface area contributed by atoms with Gasteiger partial charge in [-0.15, -0.1) is 0 Å². The van der Waals surface area contributed by atoms with Gasteiger partial charge in [0.15, 0.2) is 0 Å². The smallest absolute Gasteiger partial charge is 0.272 e. The van der Waals surface area contributed by atoms with Gasteiger partial charge in [-0.25, -0.2) is 0 Å². The summed E-state index contributed by atoms with van der Waals surface area (Å²) in [5.41, 5.74) is 10.4. The Bertz CT molecular complexity index is 1150. The third-order valence-corrected chi connectivity index (χ3v) is 5.65. The highest BCUT2D eigenvalue weighted by atomic mass is 16.2. The van der Waals surface area contributed by atoms with E-state index in [1.807, 2.05) is 29.2 Å². The third kappa shape index (κ3) is 8.25. The van der Waals surface area contributed by atoms with Crippen LogP contribution >= 0.6 is 0 Å². The van der Waals surface area contributed by atoms with Crippen molar-refractivity contribution in [3.63, 3.8) is 0 Å². The Morgan fingerprint density at radius 3 is 2.25 bits per heavy atom. The molecule has 0 aromatic heterocycles. The molecule has 9 nitrogen and oxygen atoms in total. The highest BCUT2D eigenvalue weighted by Crippen LogP contribution is 2.10. The number of rotatable bonds is 9. The zero-order valence-electron chi connectivity index (χ0n) is 20.4. The number of amides is 4. The van der Waals surface area contributed by atoms with E-state index >= 15 is 0 Å². The molecule has 3 rings (SSSR count). The van der Waals surface area contributed by atoms with Gasteiger partial charge in [0.05, 0.1) is 0 Å². The van der Waals surface area contributed by atoms with Crippen LogP contribution in [0.1, 0.15) is 52.7 Å². The van der Waals surface area contributed by atoms with Gasteiger partial charge in [0.25, 0.3) is 5.91 Å². The van der Waals surface area contributed by atoms with Crippen LogP contribution in [0.25, 0.3) is 0 Å². The maximum Gasteiger partial charge on any atom is 0.272 e. The summed E-state index contributed by atoms with van der Waals surface area (Å²) >= 11 is 0. The second kappa shape index (κ2) is 13.1. The lowest BCUT2D eigenvalue weighted by Crippen LogP contribution is -2.44. The number of nitrogens with two attached hydrogens (primary N) is 1. The van der Waals surface area contributed by atoms with Crippen molar-refractivity contribution < 1.29 is 19.2 Å². The second-order valence-electron chi connectivity index (χ2n) is 8.58. The number of nitrogens with one attached hydrogen (secondary N) is 2. The van der Waals surface area contributed by atoms with Crippen molar-refractivity contribution in [2.45, 2.75) is 32.2 Å². The average Bonchev–Trinajstić information content (AvgIpc) is 3.27. The number of nitrogens with zero attached hydrogens (tertiary/aromatic N) is 2. The Hall–Kier alpha value is -4.16. The molecule has 4 amide bonds. The maximum atomic E-state index is 12.4. The predicted octanol–water partition coefficient (Wildman–Crippen LogP) is 1.17. The van der Waals surface area contributed by atoms with Gasteiger partial charge < -0.3 is 16.0 Å². The summed E-state index contributed by atoms with van der Waals surface area (Å²) < 4.78 is 0. The normalized spacial score (nSPS) is 12.6. The summed E-state index contributed by atoms with van der Waals surface area (Å²) in [6, 6.07) is 14.7. The minimum absolute atomic E-state index is 0.271. The zero-order valence-corrected chi connectivity index (χ0v) is 20.4. The molecule has 1 aliphatic heterocycles. The van der Waals surface area contributed by atoms with E-state index in [4.69, 9.17) is 5.73 Å². The first-order chi connectivity index (χ1) is 17.3. The molecule has 4 N–H and O–H groups in total. The second-order valence-corrected chi connectivity index (χ2v) is 8.58. The van der Waals surface area contributed by atoms with Gasteiger partial charge in [0, 0.05) is 49.8 Å². The van der Waals surface area contributed by atoms with Crippen LogP contribution in [-0.2, 0) is 20.9 Å². The molecule has 0 aliphatic carbocycles. The van der Waals surface area contributed by atoms with Crippen LogP contribution in [-0.4, -0.2) is 60.2 Å². The van der Waals surface area contributed by atoms with Crippen molar-refractivity contribution in [2.75, 3.05) is 26.7 Å². The lowest BCUT2D eigenvalue weighted by atomic mass is 10.1. The number of likely N-dealkylation sites (tertiary alicyclic amines) is 1. The number of hydrogen-bond acceptors (Lipinski definition) is 5. The van der Waals surface area contributed by atoms with Crippen LogP contribution in [0.4, 0.5) is 0 Å². The first-order valence-corrected chi connectivity index (χ1v) is 11.9. The molecular formula is C27H31N5O4. The fraction of sp³-hybridized carbons (Fsp3) is 0.333. The molecule has 2 aromatic carbocycles. The summed E-state index contributed by atoms with van der Waals surface area (Å²) in [4.78, 5) is 48.3. The number of benzene rings is 2. The molecule has 0 unspecified atom stereocenters. The molecule has 0 atom stereocenters. The Morgan fingerprint density at radius 2 is 1.67 bits per heavy atom. The Kier molecular flexibility index (Phi) is 9.60. The van der Waals surface area contributed by atoms with E-state index in [9.17, 15) is 19.2 Å². The van der Waals surface area contributed by atoms with E-state index in [0.717, 1.165) is 60.7 Å². The van der Waals surface area contributed by atoms with Crippen LogP contribution < -0.4 is 16.5 Å². The van der Waals surface area contributed by atoms with Crippen LogP contribution in [0.15, 0.2) is 48.5 Å². The predicted molar refractivity (Wildman–Crippen MR) is 135 cm³/mol. The van der Waals surface area contributed by atoms with E-state index in [2.05, 4.69) is 22.6 Å². The van der Waals surface area contributed by atoms with Crippen molar-refractivity contribution in [1.29, 1.82) is 0 Å². The largest absolute Gasteiger partial charge is 0.369 e. The highest BCUT2D eigenvalue weighted by molar-refractivity contribution is 5.99. The number of carbonyl (C=O) groups is 4. The summed E-state index contributed by atoms with van der Waals surface area (Å²) in [5.74, 6) is 4.60. The lowest BCUT2D eigenvalue weighted by molar-refractivity contribution is -0.130. The fourth-order valence-electron chi connectivity index (χ4n) is 3.74. The van der Waals surface area contributed by atoms with Crippen LogP contribution in [0.2, 0.25) is 0 Å². The lowest BCUT2D eigenvalue weighted by Gasteiger charge is -2.17. The molecule has 1 saturated heterocycles. The fourth-order valence-corrected chi connectivity index (χ4v) is 3.74. The molecule has 0 radical (unpaired) electrons. The standard InChI is InChI=1S/C27H31N5O4/c1-31(30-25(34)18-24(28)33)27(36)23-13-11-21(12-14-23)6-5-20-7-9-22(10-8-20)19-29-15-3-17-32-16-2-4-26(32)35/h7-14,29H,2-4,15-19H2,1H3,(H2,28,33)(H,30,34). The minimum Gasteiger partial charge on any atom is -0.369 e. The quantitative estimate of drug-likeness (QED) is 0.211. The van der Waals surface area contributed by atoms with Gasteiger partial charge in [-0.2, -0.15) is 0 Å². The van der Waals surface area contributed by atoms with Crippen LogP contribution in [0.5, 0.6) is 0 Å². The monoisotopic (exact) mass is 489 g/mol. The SMILES string of the molecule is CN(NC(=O)CC(N)=O)C(=O)c1ccc(C#Cc2ccc(CNCCCN3CCCC3=O)cc2)cc1. The van der Waals surface area contributed by atoms with Gasteiger partial charge in [-0.05, 0) is 61.3 Å². The molecule has 0 spiro atoms. The van der Waals surface area contributed by atoms with E-state index in [0.29, 0.717) is 12.0 Å². The number of hydrogen-bond donors (Lipinski definition) is 3. The van der Waals surface area contributed by atoms with Crippen LogP contribution in [0, 0.1) is 11.8 Å². The molecule has 36 heavy (non-hydrogen) atoms. The Morgan fingerprint density at radius 1 is 1.03 bits per heavy atom. The number of hydrazine groups is 1. The summed E-state index contributed by atoms with van der Waals surface area (Å²) in [5, 5.41) is 4.42.